The van der Waals surface area contributed by atoms with Crippen molar-refractivity contribution < 1.29 is 19.1 Å². The second-order valence-electron chi connectivity index (χ2n) is 8.40. The lowest BCUT2D eigenvalue weighted by molar-refractivity contribution is -0.130. The van der Waals surface area contributed by atoms with Crippen molar-refractivity contribution in [3.63, 3.8) is 0 Å². The van der Waals surface area contributed by atoms with Gasteiger partial charge in [-0.15, -0.1) is 0 Å². The van der Waals surface area contributed by atoms with Crippen molar-refractivity contribution in [2.45, 2.75) is 19.9 Å². The minimum Gasteiger partial charge on any atom is -0.506 e. The smallest absolute Gasteiger partial charge is 0.271 e. The molecule has 0 spiro atoms. The fourth-order valence-electron chi connectivity index (χ4n) is 4.01. The van der Waals surface area contributed by atoms with Crippen LogP contribution in [0.4, 0.5) is 4.39 Å². The van der Waals surface area contributed by atoms with E-state index in [-0.39, 0.29) is 41.0 Å². The van der Waals surface area contributed by atoms with Crippen LogP contribution < -0.4 is 5.43 Å². The molecule has 6 nitrogen and oxygen atoms in total. The van der Waals surface area contributed by atoms with Crippen molar-refractivity contribution in [1.29, 1.82) is 0 Å². The summed E-state index contributed by atoms with van der Waals surface area (Å²) in [6, 6.07) is 21.9. The number of halogens is 2. The van der Waals surface area contributed by atoms with E-state index in [2.05, 4.69) is 10.5 Å². The molecular formula is C29H25ClFN3O3. The quantitative estimate of drug-likeness (QED) is 0.232. The average Bonchev–Trinajstić information content (AvgIpc) is 2.90. The van der Waals surface area contributed by atoms with Crippen LogP contribution in [-0.4, -0.2) is 34.6 Å². The van der Waals surface area contributed by atoms with Gasteiger partial charge in [0.15, 0.2) is 0 Å². The molecule has 0 heterocycles. The lowest BCUT2D eigenvalue weighted by Crippen LogP contribution is -2.32. The van der Waals surface area contributed by atoms with Gasteiger partial charge in [0.1, 0.15) is 11.6 Å². The number of hydrogen-bond acceptors (Lipinski definition) is 4. The van der Waals surface area contributed by atoms with Crippen LogP contribution >= 0.6 is 11.6 Å². The van der Waals surface area contributed by atoms with Crippen LogP contribution in [0.1, 0.15) is 34.0 Å². The molecule has 2 amide bonds. The third-order valence-electron chi connectivity index (χ3n) is 6.02. The maximum absolute atomic E-state index is 14.1. The second kappa shape index (κ2) is 11.7. The number of phenols is 1. The summed E-state index contributed by atoms with van der Waals surface area (Å²) in [5, 5.41) is 15.4. The first kappa shape index (κ1) is 25.9. The Hall–Kier alpha value is -4.23. The van der Waals surface area contributed by atoms with E-state index in [4.69, 9.17) is 11.6 Å². The number of amides is 2. The molecular weight excluding hydrogens is 493 g/mol. The van der Waals surface area contributed by atoms with Crippen molar-refractivity contribution >= 4 is 40.4 Å². The van der Waals surface area contributed by atoms with E-state index < -0.39 is 5.91 Å². The molecule has 0 aromatic heterocycles. The number of hydrogen-bond donors (Lipinski definition) is 2. The molecule has 4 rings (SSSR count). The van der Waals surface area contributed by atoms with Gasteiger partial charge in [-0.25, -0.2) is 9.82 Å². The Balaban J connectivity index is 1.51. The molecule has 4 aromatic carbocycles. The fraction of sp³-hybridized carbons (Fsp3) is 0.138. The lowest BCUT2D eigenvalue weighted by atomic mass is 9.97. The van der Waals surface area contributed by atoms with Crippen LogP contribution in [0.5, 0.6) is 5.75 Å². The molecule has 0 aliphatic rings. The zero-order chi connectivity index (χ0) is 26.4. The molecule has 0 bridgehead atoms. The van der Waals surface area contributed by atoms with Gasteiger partial charge in [0, 0.05) is 29.8 Å². The van der Waals surface area contributed by atoms with Crippen molar-refractivity contribution in [3.8, 4) is 5.75 Å². The summed E-state index contributed by atoms with van der Waals surface area (Å²) >= 11 is 5.87. The summed E-state index contributed by atoms with van der Waals surface area (Å²) < 4.78 is 14.1. The SMILES string of the molecule is CCN(Cc1ccccc1F)C(=O)Cc1ccc(/C=N/NC(=O)c2ccc(O)c(Cl)c2)c2ccccc12. The number of likely N-dealkylation sites (N-methyl/N-ethyl adjacent to an activating group) is 1. The van der Waals surface area contributed by atoms with E-state index in [1.54, 1.807) is 23.1 Å². The zero-order valence-corrected chi connectivity index (χ0v) is 20.9. The summed E-state index contributed by atoms with van der Waals surface area (Å²) in [7, 11) is 0. The van der Waals surface area contributed by atoms with Gasteiger partial charge in [-0.05, 0) is 47.5 Å². The molecule has 0 unspecified atom stereocenters. The molecule has 0 saturated carbocycles. The Morgan fingerprint density at radius 2 is 1.73 bits per heavy atom. The standard InChI is InChI=1S/C29H25ClFN3O3/c1-2-34(18-22-7-3-6-10-26(22)31)28(36)16-19-11-12-21(24-9-5-4-8-23(19)24)17-32-33-29(37)20-13-14-27(35)25(30)15-20/h3-15,17,35H,2,16,18H2,1H3,(H,33,37)/b32-17+. The van der Waals surface area contributed by atoms with Gasteiger partial charge < -0.3 is 10.0 Å². The highest BCUT2D eigenvalue weighted by atomic mass is 35.5. The van der Waals surface area contributed by atoms with Crippen LogP contribution in [0.2, 0.25) is 5.02 Å². The molecule has 0 aliphatic carbocycles. The Morgan fingerprint density at radius 1 is 1.00 bits per heavy atom. The van der Waals surface area contributed by atoms with Crippen molar-refractivity contribution in [1.82, 2.24) is 10.3 Å². The number of nitrogens with one attached hydrogen (secondary N) is 1. The monoisotopic (exact) mass is 517 g/mol. The topological polar surface area (TPSA) is 82.0 Å². The molecule has 0 aliphatic heterocycles. The molecule has 0 fully saturated rings. The van der Waals surface area contributed by atoms with Crippen LogP contribution in [0, 0.1) is 5.82 Å². The first-order valence-corrected chi connectivity index (χ1v) is 12.1. The molecule has 2 N–H and O–H groups in total. The molecule has 8 heteroatoms. The molecule has 188 valence electrons. The largest absolute Gasteiger partial charge is 0.506 e. The maximum Gasteiger partial charge on any atom is 0.271 e. The Kier molecular flexibility index (Phi) is 8.15. The van der Waals surface area contributed by atoms with Crippen LogP contribution in [0.25, 0.3) is 10.8 Å². The third kappa shape index (κ3) is 6.13. The minimum absolute atomic E-state index is 0.0725. The van der Waals surface area contributed by atoms with Gasteiger partial charge in [0.2, 0.25) is 5.91 Å². The van der Waals surface area contributed by atoms with E-state index in [0.717, 1.165) is 21.9 Å². The van der Waals surface area contributed by atoms with Gasteiger partial charge >= 0.3 is 0 Å². The minimum atomic E-state index is -0.473. The Bertz CT molecular complexity index is 1490. The predicted molar refractivity (Wildman–Crippen MR) is 143 cm³/mol. The number of carbonyl (C=O) groups excluding carboxylic acids is 2. The number of rotatable bonds is 8. The van der Waals surface area contributed by atoms with Crippen LogP contribution in [0.15, 0.2) is 84.0 Å². The van der Waals surface area contributed by atoms with E-state index >= 15 is 0 Å². The number of fused-ring (bicyclic) bond motifs is 1. The third-order valence-corrected chi connectivity index (χ3v) is 6.33. The number of phenolic OH excluding ortho intramolecular Hbond substituents is 1. The van der Waals surface area contributed by atoms with Crippen LogP contribution in [0.3, 0.4) is 0 Å². The maximum atomic E-state index is 14.1. The molecule has 0 atom stereocenters. The molecule has 37 heavy (non-hydrogen) atoms. The summed E-state index contributed by atoms with van der Waals surface area (Å²) in [5.74, 6) is -1.01. The second-order valence-corrected chi connectivity index (χ2v) is 8.81. The van der Waals surface area contributed by atoms with Gasteiger partial charge in [0.05, 0.1) is 17.7 Å². The van der Waals surface area contributed by atoms with E-state index in [9.17, 15) is 19.1 Å². The van der Waals surface area contributed by atoms with E-state index in [0.29, 0.717) is 12.1 Å². The van der Waals surface area contributed by atoms with Crippen molar-refractivity contribution in [2.24, 2.45) is 5.10 Å². The van der Waals surface area contributed by atoms with Gasteiger partial charge in [0.25, 0.3) is 5.91 Å². The number of aromatic hydroxyl groups is 1. The van der Waals surface area contributed by atoms with Crippen molar-refractivity contribution in [3.05, 3.63) is 112 Å². The summed E-state index contributed by atoms with van der Waals surface area (Å²) in [4.78, 5) is 27.1. The highest BCUT2D eigenvalue weighted by Gasteiger charge is 2.16. The normalized spacial score (nSPS) is 11.1. The average molecular weight is 518 g/mol. The van der Waals surface area contributed by atoms with E-state index in [1.165, 1.54) is 30.5 Å². The predicted octanol–water partition coefficient (Wildman–Crippen LogP) is 5.69. The fourth-order valence-corrected chi connectivity index (χ4v) is 4.19. The first-order chi connectivity index (χ1) is 17.9. The molecule has 0 radical (unpaired) electrons. The number of hydrazone groups is 1. The zero-order valence-electron chi connectivity index (χ0n) is 20.1. The summed E-state index contributed by atoms with van der Waals surface area (Å²) in [6.07, 6.45) is 1.70. The highest BCUT2D eigenvalue weighted by molar-refractivity contribution is 6.32. The summed E-state index contributed by atoms with van der Waals surface area (Å²) in [5.41, 5.74) is 4.79. The Labute approximate surface area is 219 Å². The summed E-state index contributed by atoms with van der Waals surface area (Å²) in [6.45, 7) is 2.54. The van der Waals surface area contributed by atoms with E-state index in [1.807, 2.05) is 43.3 Å². The van der Waals surface area contributed by atoms with Crippen molar-refractivity contribution in [2.75, 3.05) is 6.54 Å². The number of nitrogens with zero attached hydrogens (tertiary/aromatic N) is 2. The lowest BCUT2D eigenvalue weighted by Gasteiger charge is -2.22. The van der Waals surface area contributed by atoms with Gasteiger partial charge in [-0.3, -0.25) is 9.59 Å². The molecule has 0 saturated heterocycles. The number of benzene rings is 4. The van der Waals surface area contributed by atoms with Gasteiger partial charge in [-0.1, -0.05) is 66.2 Å². The van der Waals surface area contributed by atoms with Crippen LogP contribution in [-0.2, 0) is 17.8 Å². The van der Waals surface area contributed by atoms with Gasteiger partial charge in [-0.2, -0.15) is 5.10 Å². The Morgan fingerprint density at radius 3 is 2.46 bits per heavy atom. The first-order valence-electron chi connectivity index (χ1n) is 11.7. The highest BCUT2D eigenvalue weighted by Crippen LogP contribution is 2.25. The molecule has 4 aromatic rings. The number of carbonyl (C=O) groups is 2.